The fraction of sp³-hybridized carbons (Fsp3) is 0.222. The molecule has 0 aliphatic carbocycles. The third kappa shape index (κ3) is 2.42. The highest BCUT2D eigenvalue weighted by Gasteiger charge is 2.11. The van der Waals surface area contributed by atoms with Gasteiger partial charge in [-0.05, 0) is 12.1 Å². The van der Waals surface area contributed by atoms with Crippen LogP contribution >= 0.6 is 0 Å². The Kier molecular flexibility index (Phi) is 3.01. The molecule has 0 aliphatic heterocycles. The molecule has 0 amide bonds. The maximum Gasteiger partial charge on any atom is 0.323 e. The highest BCUT2D eigenvalue weighted by molar-refractivity contribution is 5.73. The van der Waals surface area contributed by atoms with Gasteiger partial charge in [-0.3, -0.25) is 4.79 Å². The summed E-state index contributed by atoms with van der Waals surface area (Å²) in [4.78, 5) is 11.4. The fourth-order valence-corrected chi connectivity index (χ4v) is 1.07. The number of hydrogen-bond donors (Lipinski definition) is 1. The zero-order valence-electron chi connectivity index (χ0n) is 7.50. The lowest BCUT2D eigenvalue weighted by Gasteiger charge is -2.17. The van der Waals surface area contributed by atoms with E-state index in [-0.39, 0.29) is 12.2 Å². The maximum atomic E-state index is 13.1. The molecule has 0 aromatic heterocycles. The molecule has 1 aromatic carbocycles. The summed E-state index contributed by atoms with van der Waals surface area (Å²) >= 11 is 0. The van der Waals surface area contributed by atoms with Gasteiger partial charge >= 0.3 is 5.97 Å². The molecule has 0 fully saturated rings. The van der Waals surface area contributed by atoms with Crippen LogP contribution in [0.4, 0.5) is 14.5 Å². The Morgan fingerprint density at radius 3 is 2.71 bits per heavy atom. The third-order valence-corrected chi connectivity index (χ3v) is 1.69. The van der Waals surface area contributed by atoms with Crippen molar-refractivity contribution in [2.45, 2.75) is 0 Å². The quantitative estimate of drug-likeness (QED) is 0.805. The second-order valence-corrected chi connectivity index (χ2v) is 2.85. The molecule has 0 spiro atoms. The van der Waals surface area contributed by atoms with Gasteiger partial charge in [0.15, 0.2) is 0 Å². The molecule has 0 heterocycles. The largest absolute Gasteiger partial charge is 0.480 e. The standard InChI is InChI=1S/C9H9F2NO2/c1-12(5-9(13)14)8-4-6(10)2-3-7(8)11/h2-4H,5H2,1H3,(H,13,14). The lowest BCUT2D eigenvalue weighted by Crippen LogP contribution is -2.26. The molecule has 3 nitrogen and oxygen atoms in total. The minimum absolute atomic E-state index is 0.0626. The molecule has 1 rings (SSSR count). The number of carbonyl (C=O) groups is 1. The molecule has 76 valence electrons. The Morgan fingerprint density at radius 2 is 2.14 bits per heavy atom. The first-order valence-electron chi connectivity index (χ1n) is 3.88. The average molecular weight is 201 g/mol. The molecule has 1 aromatic rings. The van der Waals surface area contributed by atoms with Crippen LogP contribution in [0.25, 0.3) is 0 Å². The van der Waals surface area contributed by atoms with Crippen molar-refractivity contribution < 1.29 is 18.7 Å². The van der Waals surface area contributed by atoms with Crippen LogP contribution in [0.3, 0.4) is 0 Å². The molecule has 0 saturated heterocycles. The Balaban J connectivity index is 2.93. The van der Waals surface area contributed by atoms with Crippen LogP contribution in [-0.2, 0) is 4.79 Å². The van der Waals surface area contributed by atoms with Crippen LogP contribution < -0.4 is 4.90 Å². The van der Waals surface area contributed by atoms with Crippen LogP contribution in [0.15, 0.2) is 18.2 Å². The van der Waals surface area contributed by atoms with E-state index in [0.29, 0.717) is 0 Å². The van der Waals surface area contributed by atoms with E-state index < -0.39 is 17.6 Å². The molecule has 0 aliphatic rings. The smallest absolute Gasteiger partial charge is 0.323 e. The van der Waals surface area contributed by atoms with E-state index in [1.54, 1.807) is 0 Å². The summed E-state index contributed by atoms with van der Waals surface area (Å²) in [5.74, 6) is -2.34. The topological polar surface area (TPSA) is 40.5 Å². The molecule has 0 unspecified atom stereocenters. The minimum Gasteiger partial charge on any atom is -0.480 e. The van der Waals surface area contributed by atoms with Crippen molar-refractivity contribution in [3.8, 4) is 0 Å². The average Bonchev–Trinajstić information content (AvgIpc) is 2.08. The van der Waals surface area contributed by atoms with Crippen LogP contribution in [0.2, 0.25) is 0 Å². The van der Waals surface area contributed by atoms with Gasteiger partial charge in [0, 0.05) is 13.1 Å². The summed E-state index contributed by atoms with van der Waals surface area (Å²) in [5.41, 5.74) is -0.0626. The van der Waals surface area contributed by atoms with Crippen LogP contribution in [0.1, 0.15) is 0 Å². The molecule has 0 radical (unpaired) electrons. The van der Waals surface area contributed by atoms with E-state index >= 15 is 0 Å². The first kappa shape index (κ1) is 10.4. The summed E-state index contributed by atoms with van der Waals surface area (Å²) in [7, 11) is 1.38. The number of hydrogen-bond acceptors (Lipinski definition) is 2. The number of aliphatic carboxylic acids is 1. The molecule has 5 heteroatoms. The van der Waals surface area contributed by atoms with E-state index in [9.17, 15) is 13.6 Å². The van der Waals surface area contributed by atoms with Gasteiger partial charge in [-0.15, -0.1) is 0 Å². The predicted octanol–water partition coefficient (Wildman–Crippen LogP) is 1.49. The van der Waals surface area contributed by atoms with Gasteiger partial charge in [0.1, 0.15) is 18.2 Å². The van der Waals surface area contributed by atoms with Gasteiger partial charge in [0.05, 0.1) is 5.69 Å². The number of nitrogens with zero attached hydrogens (tertiary/aromatic N) is 1. The van der Waals surface area contributed by atoms with Crippen molar-refractivity contribution in [3.05, 3.63) is 29.8 Å². The van der Waals surface area contributed by atoms with Crippen LogP contribution in [0, 0.1) is 11.6 Å². The summed E-state index contributed by atoms with van der Waals surface area (Å²) in [5, 5.41) is 8.45. The Labute approximate surface area is 79.6 Å². The summed E-state index contributed by atoms with van der Waals surface area (Å²) in [6.45, 7) is -0.375. The van der Waals surface area contributed by atoms with Crippen LogP contribution in [-0.4, -0.2) is 24.7 Å². The SMILES string of the molecule is CN(CC(=O)O)c1cc(F)ccc1F. The van der Waals surface area contributed by atoms with Crippen molar-refractivity contribution in [2.24, 2.45) is 0 Å². The number of carboxylic acid groups (broad SMARTS) is 1. The van der Waals surface area contributed by atoms with E-state index in [2.05, 4.69) is 0 Å². The van der Waals surface area contributed by atoms with Crippen molar-refractivity contribution in [3.63, 3.8) is 0 Å². The van der Waals surface area contributed by atoms with Crippen molar-refractivity contribution in [1.82, 2.24) is 0 Å². The van der Waals surface area contributed by atoms with Gasteiger partial charge in [-0.25, -0.2) is 8.78 Å². The van der Waals surface area contributed by atoms with Gasteiger partial charge < -0.3 is 10.0 Å². The fourth-order valence-electron chi connectivity index (χ4n) is 1.07. The first-order chi connectivity index (χ1) is 6.50. The normalized spacial score (nSPS) is 9.93. The molecule has 14 heavy (non-hydrogen) atoms. The highest BCUT2D eigenvalue weighted by Crippen LogP contribution is 2.18. The van der Waals surface area contributed by atoms with E-state index in [4.69, 9.17) is 5.11 Å². The zero-order chi connectivity index (χ0) is 10.7. The monoisotopic (exact) mass is 201 g/mol. The Hall–Kier alpha value is -1.65. The van der Waals surface area contributed by atoms with Crippen molar-refractivity contribution in [1.29, 1.82) is 0 Å². The molecule has 0 atom stereocenters. The number of rotatable bonds is 3. The Morgan fingerprint density at radius 1 is 1.50 bits per heavy atom. The van der Waals surface area contributed by atoms with Crippen LogP contribution in [0.5, 0.6) is 0 Å². The summed E-state index contributed by atoms with van der Waals surface area (Å²) in [6.07, 6.45) is 0. The van der Waals surface area contributed by atoms with Gasteiger partial charge in [-0.1, -0.05) is 0 Å². The third-order valence-electron chi connectivity index (χ3n) is 1.69. The van der Waals surface area contributed by atoms with E-state index in [1.807, 2.05) is 0 Å². The minimum atomic E-state index is -1.10. The lowest BCUT2D eigenvalue weighted by atomic mass is 10.2. The molecule has 0 bridgehead atoms. The van der Waals surface area contributed by atoms with Crippen molar-refractivity contribution >= 4 is 11.7 Å². The van der Waals surface area contributed by atoms with Gasteiger partial charge in [0.25, 0.3) is 0 Å². The second-order valence-electron chi connectivity index (χ2n) is 2.85. The molecule has 0 saturated carbocycles. The first-order valence-corrected chi connectivity index (χ1v) is 3.88. The Bertz CT molecular complexity index is 355. The predicted molar refractivity (Wildman–Crippen MR) is 47.3 cm³/mol. The zero-order valence-corrected chi connectivity index (χ0v) is 7.50. The van der Waals surface area contributed by atoms with Gasteiger partial charge in [0.2, 0.25) is 0 Å². The summed E-state index contributed by atoms with van der Waals surface area (Å²) < 4.78 is 25.8. The maximum absolute atomic E-state index is 13.1. The summed E-state index contributed by atoms with van der Waals surface area (Å²) in [6, 6.07) is 2.90. The highest BCUT2D eigenvalue weighted by atomic mass is 19.1. The lowest BCUT2D eigenvalue weighted by molar-refractivity contribution is -0.135. The van der Waals surface area contributed by atoms with Gasteiger partial charge in [-0.2, -0.15) is 0 Å². The number of carboxylic acids is 1. The molecular formula is C9H9F2NO2. The number of likely N-dealkylation sites (N-methyl/N-ethyl adjacent to an activating group) is 1. The molecular weight excluding hydrogens is 192 g/mol. The van der Waals surface area contributed by atoms with E-state index in [0.717, 1.165) is 23.1 Å². The second kappa shape index (κ2) is 4.04. The number of benzene rings is 1. The van der Waals surface area contributed by atoms with Crippen molar-refractivity contribution in [2.75, 3.05) is 18.5 Å². The molecule has 1 N–H and O–H groups in total. The number of halogens is 2. The number of anilines is 1. The van der Waals surface area contributed by atoms with E-state index in [1.165, 1.54) is 7.05 Å².